The van der Waals surface area contributed by atoms with Gasteiger partial charge >= 0.3 is 0 Å². The van der Waals surface area contributed by atoms with Crippen LogP contribution in [0.3, 0.4) is 0 Å². The van der Waals surface area contributed by atoms with E-state index in [9.17, 15) is 0 Å². The van der Waals surface area contributed by atoms with Gasteiger partial charge in [0.2, 0.25) is 0 Å². The lowest BCUT2D eigenvalue weighted by Crippen LogP contribution is -2.29. The van der Waals surface area contributed by atoms with Gasteiger partial charge in [0.1, 0.15) is 12.1 Å². The van der Waals surface area contributed by atoms with Crippen molar-refractivity contribution in [1.82, 2.24) is 19.4 Å². The van der Waals surface area contributed by atoms with E-state index in [1.165, 1.54) is 47.0 Å². The molecule has 5 nitrogen and oxygen atoms in total. The number of benzene rings is 3. The van der Waals surface area contributed by atoms with Gasteiger partial charge in [-0.15, -0.1) is 0 Å². The normalized spacial score (nSPS) is 14.3. The maximum Gasteiger partial charge on any atom is 0.139 e. The van der Waals surface area contributed by atoms with Gasteiger partial charge in [0.15, 0.2) is 0 Å². The molecule has 0 saturated carbocycles. The standard InChI is InChI=1S/C30H31N5/c1-33(2)20-22-9-11-23(12-10-22)25-13-15-27-26(19-25)31-21-35(27)29-16-14-24-7-6-8-28(30(24)32-29)34-17-4-3-5-18-34/h6-16,19,21H,3-5,17-18,20H2,1-2H3. The minimum atomic E-state index is 0.908. The Labute approximate surface area is 206 Å². The lowest BCUT2D eigenvalue weighted by atomic mass is 10.0. The first-order valence-electron chi connectivity index (χ1n) is 12.5. The van der Waals surface area contributed by atoms with Crippen LogP contribution in [0.5, 0.6) is 0 Å². The summed E-state index contributed by atoms with van der Waals surface area (Å²) in [6, 6.07) is 26.1. The van der Waals surface area contributed by atoms with Crippen LogP contribution in [0.1, 0.15) is 24.8 Å². The lowest BCUT2D eigenvalue weighted by molar-refractivity contribution is 0.402. The highest BCUT2D eigenvalue weighted by atomic mass is 15.2. The van der Waals surface area contributed by atoms with Gasteiger partial charge in [-0.3, -0.25) is 4.57 Å². The molecular formula is C30H31N5. The van der Waals surface area contributed by atoms with Crippen LogP contribution in [0, 0.1) is 0 Å². The Bertz CT molecular complexity index is 1480. The zero-order valence-electron chi connectivity index (χ0n) is 20.5. The first-order chi connectivity index (χ1) is 17.2. The van der Waals surface area contributed by atoms with E-state index in [4.69, 9.17) is 9.97 Å². The average molecular weight is 462 g/mol. The molecule has 0 radical (unpaired) electrons. The van der Waals surface area contributed by atoms with Crippen molar-refractivity contribution >= 4 is 27.6 Å². The summed E-state index contributed by atoms with van der Waals surface area (Å²) in [7, 11) is 4.19. The van der Waals surface area contributed by atoms with Crippen molar-refractivity contribution in [3.63, 3.8) is 0 Å². The summed E-state index contributed by atoms with van der Waals surface area (Å²) in [6.45, 7) is 3.16. The first kappa shape index (κ1) is 21.8. The largest absolute Gasteiger partial charge is 0.370 e. The van der Waals surface area contributed by atoms with Crippen molar-refractivity contribution in [2.45, 2.75) is 25.8 Å². The summed E-state index contributed by atoms with van der Waals surface area (Å²) in [5.74, 6) is 0.908. The summed E-state index contributed by atoms with van der Waals surface area (Å²) in [5.41, 5.74) is 8.07. The van der Waals surface area contributed by atoms with E-state index in [0.717, 1.165) is 42.0 Å². The molecular weight excluding hydrogens is 430 g/mol. The van der Waals surface area contributed by atoms with E-state index >= 15 is 0 Å². The molecule has 3 heterocycles. The second-order valence-electron chi connectivity index (χ2n) is 9.82. The number of aromatic nitrogens is 3. The predicted molar refractivity (Wildman–Crippen MR) is 145 cm³/mol. The molecule has 1 fully saturated rings. The lowest BCUT2D eigenvalue weighted by Gasteiger charge is -2.29. The fourth-order valence-electron chi connectivity index (χ4n) is 5.19. The van der Waals surface area contributed by atoms with Crippen LogP contribution in [-0.2, 0) is 6.54 Å². The van der Waals surface area contributed by atoms with Gasteiger partial charge < -0.3 is 9.80 Å². The Morgan fingerprint density at radius 3 is 2.43 bits per heavy atom. The number of fused-ring (bicyclic) bond motifs is 2. The van der Waals surface area contributed by atoms with Gasteiger partial charge in [0.25, 0.3) is 0 Å². The van der Waals surface area contributed by atoms with Crippen molar-refractivity contribution in [1.29, 1.82) is 0 Å². The Kier molecular flexibility index (Phi) is 5.71. The average Bonchev–Trinajstić information content (AvgIpc) is 3.32. The van der Waals surface area contributed by atoms with Gasteiger partial charge in [0, 0.05) is 25.0 Å². The third-order valence-corrected chi connectivity index (χ3v) is 6.96. The Morgan fingerprint density at radius 1 is 0.829 bits per heavy atom. The van der Waals surface area contributed by atoms with E-state index in [0.29, 0.717) is 0 Å². The van der Waals surface area contributed by atoms with Crippen LogP contribution in [0.2, 0.25) is 0 Å². The molecule has 5 heteroatoms. The minimum absolute atomic E-state index is 0.908. The fourth-order valence-corrected chi connectivity index (χ4v) is 5.19. The number of hydrogen-bond acceptors (Lipinski definition) is 4. The fraction of sp³-hybridized carbons (Fsp3) is 0.267. The van der Waals surface area contributed by atoms with Gasteiger partial charge in [-0.2, -0.15) is 0 Å². The van der Waals surface area contributed by atoms with Crippen molar-refractivity contribution in [2.24, 2.45) is 0 Å². The Balaban J connectivity index is 1.35. The number of anilines is 1. The molecule has 0 amide bonds. The summed E-state index contributed by atoms with van der Waals surface area (Å²) in [5, 5.41) is 1.18. The Morgan fingerprint density at radius 2 is 1.63 bits per heavy atom. The van der Waals surface area contributed by atoms with Gasteiger partial charge in [0.05, 0.1) is 22.2 Å². The number of imidazole rings is 1. The highest BCUT2D eigenvalue weighted by Crippen LogP contribution is 2.30. The molecule has 0 spiro atoms. The zero-order valence-corrected chi connectivity index (χ0v) is 20.5. The molecule has 35 heavy (non-hydrogen) atoms. The topological polar surface area (TPSA) is 37.2 Å². The first-order valence-corrected chi connectivity index (χ1v) is 12.5. The van der Waals surface area contributed by atoms with Gasteiger partial charge in [-0.25, -0.2) is 9.97 Å². The molecule has 0 unspecified atom stereocenters. The molecule has 1 aliphatic heterocycles. The van der Waals surface area contributed by atoms with Gasteiger partial charge in [-0.1, -0.05) is 42.5 Å². The third-order valence-electron chi connectivity index (χ3n) is 6.96. The summed E-state index contributed by atoms with van der Waals surface area (Å²) in [4.78, 5) is 14.5. The smallest absolute Gasteiger partial charge is 0.139 e. The molecule has 0 atom stereocenters. The number of pyridine rings is 1. The molecule has 6 rings (SSSR count). The van der Waals surface area contributed by atoms with Crippen molar-refractivity contribution < 1.29 is 0 Å². The van der Waals surface area contributed by atoms with Crippen LogP contribution in [-0.4, -0.2) is 46.6 Å². The molecule has 1 saturated heterocycles. The summed E-state index contributed by atoms with van der Waals surface area (Å²) in [6.07, 6.45) is 5.72. The minimum Gasteiger partial charge on any atom is -0.370 e. The van der Waals surface area contributed by atoms with Crippen molar-refractivity contribution in [2.75, 3.05) is 32.1 Å². The van der Waals surface area contributed by atoms with Crippen molar-refractivity contribution in [3.8, 4) is 16.9 Å². The molecule has 1 aliphatic rings. The number of rotatable bonds is 5. The summed E-state index contributed by atoms with van der Waals surface area (Å²) >= 11 is 0. The van der Waals surface area contributed by atoms with E-state index in [-0.39, 0.29) is 0 Å². The second kappa shape index (κ2) is 9.16. The molecule has 5 aromatic rings. The quantitative estimate of drug-likeness (QED) is 0.308. The maximum atomic E-state index is 5.13. The monoisotopic (exact) mass is 461 g/mol. The number of hydrogen-bond donors (Lipinski definition) is 0. The third kappa shape index (κ3) is 4.28. The summed E-state index contributed by atoms with van der Waals surface area (Å²) < 4.78 is 2.10. The molecule has 3 aromatic carbocycles. The number of piperidine rings is 1. The highest BCUT2D eigenvalue weighted by molar-refractivity contribution is 5.92. The van der Waals surface area contributed by atoms with Crippen LogP contribution >= 0.6 is 0 Å². The van der Waals surface area contributed by atoms with Crippen LogP contribution < -0.4 is 4.90 Å². The number of para-hydroxylation sites is 1. The van der Waals surface area contributed by atoms with E-state index in [2.05, 4.69) is 101 Å². The molecule has 0 aliphatic carbocycles. The van der Waals surface area contributed by atoms with Crippen molar-refractivity contribution in [3.05, 3.63) is 84.7 Å². The molecule has 2 aromatic heterocycles. The van der Waals surface area contributed by atoms with Crippen LogP contribution in [0.25, 0.3) is 38.9 Å². The molecule has 0 bridgehead atoms. The van der Waals surface area contributed by atoms with Crippen LogP contribution in [0.15, 0.2) is 79.1 Å². The highest BCUT2D eigenvalue weighted by Gasteiger charge is 2.15. The molecule has 0 N–H and O–H groups in total. The second-order valence-corrected chi connectivity index (χ2v) is 9.82. The number of nitrogens with zero attached hydrogens (tertiary/aromatic N) is 5. The SMILES string of the molecule is CN(C)Cc1ccc(-c2ccc3c(c2)ncn3-c2ccc3cccc(N4CCCCC4)c3n2)cc1. The van der Waals surface area contributed by atoms with Crippen LogP contribution in [0.4, 0.5) is 5.69 Å². The molecule has 176 valence electrons. The zero-order chi connectivity index (χ0) is 23.8. The van der Waals surface area contributed by atoms with Gasteiger partial charge in [-0.05, 0) is 80.4 Å². The van der Waals surface area contributed by atoms with E-state index in [1.807, 2.05) is 6.33 Å². The van der Waals surface area contributed by atoms with E-state index in [1.54, 1.807) is 0 Å². The Hall–Kier alpha value is -3.70. The predicted octanol–water partition coefficient (Wildman–Crippen LogP) is 6.29. The van der Waals surface area contributed by atoms with E-state index < -0.39 is 0 Å². The maximum absolute atomic E-state index is 5.13.